The van der Waals surface area contributed by atoms with Crippen molar-refractivity contribution in [3.05, 3.63) is 77.9 Å². The Bertz CT molecular complexity index is 1250. The number of ether oxygens (including phenoxy) is 3. The maximum absolute atomic E-state index is 12.9. The Labute approximate surface area is 210 Å². The number of piperidine rings is 1. The SMILES string of the molecule is NC(=O)c1cccc(-c2ccccc2OCC(=O)N2CCC(CCc3ccc4c(c3)OCO4)CC2)c1. The molecule has 2 heterocycles. The molecule has 0 bridgehead atoms. The van der Waals surface area contributed by atoms with Gasteiger partial charge in [-0.2, -0.15) is 0 Å². The van der Waals surface area contributed by atoms with E-state index in [4.69, 9.17) is 19.9 Å². The summed E-state index contributed by atoms with van der Waals surface area (Å²) < 4.78 is 16.8. The van der Waals surface area contributed by atoms with Gasteiger partial charge in [-0.15, -0.1) is 0 Å². The second-order valence-corrected chi connectivity index (χ2v) is 9.28. The lowest BCUT2D eigenvalue weighted by Crippen LogP contribution is -2.41. The average Bonchev–Trinajstić information content (AvgIpc) is 3.39. The van der Waals surface area contributed by atoms with Gasteiger partial charge in [0.2, 0.25) is 12.7 Å². The van der Waals surface area contributed by atoms with Crippen LogP contribution in [-0.4, -0.2) is 43.2 Å². The first-order valence-corrected chi connectivity index (χ1v) is 12.3. The molecule has 2 amide bonds. The van der Waals surface area contributed by atoms with Gasteiger partial charge in [0.15, 0.2) is 18.1 Å². The number of nitrogens with two attached hydrogens (primary N) is 1. The lowest BCUT2D eigenvalue weighted by Gasteiger charge is -2.32. The maximum Gasteiger partial charge on any atom is 0.260 e. The van der Waals surface area contributed by atoms with E-state index in [2.05, 4.69) is 12.1 Å². The van der Waals surface area contributed by atoms with Gasteiger partial charge in [-0.25, -0.2) is 0 Å². The lowest BCUT2D eigenvalue weighted by atomic mass is 9.90. The van der Waals surface area contributed by atoms with Crippen LogP contribution >= 0.6 is 0 Å². The Morgan fingerprint density at radius 3 is 2.58 bits per heavy atom. The summed E-state index contributed by atoms with van der Waals surface area (Å²) >= 11 is 0. The maximum atomic E-state index is 12.9. The number of hydrogen-bond acceptors (Lipinski definition) is 5. The Balaban J connectivity index is 1.12. The quantitative estimate of drug-likeness (QED) is 0.509. The molecule has 1 fully saturated rings. The molecule has 36 heavy (non-hydrogen) atoms. The molecular weight excluding hydrogens is 456 g/mol. The second kappa shape index (κ2) is 10.7. The summed E-state index contributed by atoms with van der Waals surface area (Å²) in [5.74, 6) is 2.35. The van der Waals surface area contributed by atoms with E-state index in [9.17, 15) is 9.59 Å². The van der Waals surface area contributed by atoms with Gasteiger partial charge in [0, 0.05) is 24.2 Å². The van der Waals surface area contributed by atoms with Crippen molar-refractivity contribution < 1.29 is 23.8 Å². The normalized spacial score (nSPS) is 15.1. The number of aryl methyl sites for hydroxylation is 1. The summed E-state index contributed by atoms with van der Waals surface area (Å²) in [7, 11) is 0. The van der Waals surface area contributed by atoms with Crippen LogP contribution in [0.15, 0.2) is 66.7 Å². The van der Waals surface area contributed by atoms with Crippen molar-refractivity contribution in [1.82, 2.24) is 4.90 Å². The topological polar surface area (TPSA) is 91.1 Å². The van der Waals surface area contributed by atoms with Crippen LogP contribution in [0.4, 0.5) is 0 Å². The molecule has 2 aliphatic rings. The largest absolute Gasteiger partial charge is 0.483 e. The van der Waals surface area contributed by atoms with E-state index in [1.807, 2.05) is 41.3 Å². The van der Waals surface area contributed by atoms with Crippen molar-refractivity contribution in [2.75, 3.05) is 26.5 Å². The van der Waals surface area contributed by atoms with Crippen molar-refractivity contribution in [2.24, 2.45) is 11.7 Å². The molecule has 0 unspecified atom stereocenters. The van der Waals surface area contributed by atoms with Gasteiger partial charge in [0.1, 0.15) is 5.75 Å². The molecule has 0 atom stereocenters. The first-order valence-electron chi connectivity index (χ1n) is 12.3. The molecule has 7 nitrogen and oxygen atoms in total. The summed E-state index contributed by atoms with van der Waals surface area (Å²) in [4.78, 5) is 26.3. The van der Waals surface area contributed by atoms with Crippen LogP contribution in [-0.2, 0) is 11.2 Å². The molecule has 3 aromatic carbocycles. The highest BCUT2D eigenvalue weighted by Gasteiger charge is 2.23. The highest BCUT2D eigenvalue weighted by Crippen LogP contribution is 2.34. The number of primary amides is 1. The Kier molecular flexibility index (Phi) is 7.07. The number of rotatable bonds is 8. The lowest BCUT2D eigenvalue weighted by molar-refractivity contribution is -0.134. The van der Waals surface area contributed by atoms with Gasteiger partial charge < -0.3 is 24.8 Å². The van der Waals surface area contributed by atoms with Gasteiger partial charge in [-0.1, -0.05) is 36.4 Å². The Morgan fingerprint density at radius 2 is 1.75 bits per heavy atom. The van der Waals surface area contributed by atoms with Crippen LogP contribution < -0.4 is 19.9 Å². The number of carbonyl (C=O) groups is 2. The number of benzene rings is 3. The zero-order valence-corrected chi connectivity index (χ0v) is 20.2. The molecule has 5 rings (SSSR count). The summed E-state index contributed by atoms with van der Waals surface area (Å²) in [6.07, 6.45) is 4.07. The first kappa shape index (κ1) is 23.7. The van der Waals surface area contributed by atoms with Crippen LogP contribution in [0, 0.1) is 5.92 Å². The highest BCUT2D eigenvalue weighted by molar-refractivity contribution is 5.94. The van der Waals surface area contributed by atoms with E-state index in [0.29, 0.717) is 24.0 Å². The number of nitrogens with zero attached hydrogens (tertiary/aromatic N) is 1. The van der Waals surface area contributed by atoms with Gasteiger partial charge in [0.05, 0.1) is 0 Å². The Morgan fingerprint density at radius 1 is 0.944 bits per heavy atom. The molecule has 0 radical (unpaired) electrons. The van der Waals surface area contributed by atoms with E-state index < -0.39 is 5.91 Å². The van der Waals surface area contributed by atoms with E-state index in [1.54, 1.807) is 18.2 Å². The van der Waals surface area contributed by atoms with Crippen LogP contribution in [0.1, 0.15) is 35.2 Å². The van der Waals surface area contributed by atoms with E-state index in [1.165, 1.54) is 5.56 Å². The smallest absolute Gasteiger partial charge is 0.260 e. The zero-order valence-electron chi connectivity index (χ0n) is 20.2. The number of amides is 2. The molecule has 186 valence electrons. The molecule has 0 aromatic heterocycles. The number of para-hydroxylation sites is 1. The number of fused-ring (bicyclic) bond motifs is 1. The minimum Gasteiger partial charge on any atom is -0.483 e. The van der Waals surface area contributed by atoms with Gasteiger partial charge in [0.25, 0.3) is 5.91 Å². The summed E-state index contributed by atoms with van der Waals surface area (Å²) in [6, 6.07) is 20.8. The third kappa shape index (κ3) is 5.46. The van der Waals surface area contributed by atoms with Crippen LogP contribution in [0.3, 0.4) is 0 Å². The number of carbonyl (C=O) groups excluding carboxylic acids is 2. The number of hydrogen-bond donors (Lipinski definition) is 1. The van der Waals surface area contributed by atoms with Crippen molar-refractivity contribution in [3.8, 4) is 28.4 Å². The highest BCUT2D eigenvalue weighted by atomic mass is 16.7. The molecule has 0 aliphatic carbocycles. The molecule has 2 N–H and O–H groups in total. The van der Waals surface area contributed by atoms with Crippen LogP contribution in [0.2, 0.25) is 0 Å². The van der Waals surface area contributed by atoms with Crippen molar-refractivity contribution in [2.45, 2.75) is 25.7 Å². The molecule has 1 saturated heterocycles. The number of likely N-dealkylation sites (tertiary alicyclic amines) is 1. The predicted molar refractivity (Wildman–Crippen MR) is 136 cm³/mol. The van der Waals surface area contributed by atoms with Crippen molar-refractivity contribution in [1.29, 1.82) is 0 Å². The van der Waals surface area contributed by atoms with Gasteiger partial charge in [-0.05, 0) is 73.1 Å². The third-order valence-electron chi connectivity index (χ3n) is 6.94. The predicted octanol–water partition coefficient (Wildman–Crippen LogP) is 4.43. The summed E-state index contributed by atoms with van der Waals surface area (Å²) in [5, 5.41) is 0. The van der Waals surface area contributed by atoms with Crippen LogP contribution in [0.5, 0.6) is 17.2 Å². The molecular formula is C29H30N2O5. The molecule has 2 aliphatic heterocycles. The van der Waals surface area contributed by atoms with Gasteiger partial charge >= 0.3 is 0 Å². The summed E-state index contributed by atoms with van der Waals surface area (Å²) in [6.45, 7) is 1.77. The van der Waals surface area contributed by atoms with E-state index >= 15 is 0 Å². The monoisotopic (exact) mass is 486 g/mol. The first-order chi connectivity index (χ1) is 17.6. The molecule has 0 saturated carbocycles. The zero-order chi connectivity index (χ0) is 24.9. The van der Waals surface area contributed by atoms with Crippen molar-refractivity contribution in [3.63, 3.8) is 0 Å². The minimum absolute atomic E-state index is 0.00934. The van der Waals surface area contributed by atoms with E-state index in [-0.39, 0.29) is 12.5 Å². The Hall–Kier alpha value is -4.00. The third-order valence-corrected chi connectivity index (χ3v) is 6.94. The molecule has 3 aromatic rings. The fourth-order valence-electron chi connectivity index (χ4n) is 4.84. The van der Waals surface area contributed by atoms with Crippen LogP contribution in [0.25, 0.3) is 11.1 Å². The average molecular weight is 487 g/mol. The fraction of sp³-hybridized carbons (Fsp3) is 0.310. The fourth-order valence-corrected chi connectivity index (χ4v) is 4.84. The minimum atomic E-state index is -0.482. The molecule has 0 spiro atoms. The van der Waals surface area contributed by atoms with Crippen molar-refractivity contribution >= 4 is 11.8 Å². The van der Waals surface area contributed by atoms with Gasteiger partial charge in [-0.3, -0.25) is 9.59 Å². The van der Waals surface area contributed by atoms with E-state index in [0.717, 1.165) is 61.4 Å². The standard InChI is InChI=1S/C29H30N2O5/c30-29(33)23-5-3-4-22(17-23)24-6-1-2-7-25(24)34-18-28(32)31-14-12-20(13-15-31)8-9-21-10-11-26-27(16-21)36-19-35-26/h1-7,10-11,16-17,20H,8-9,12-15,18-19H2,(H2,30,33). The second-order valence-electron chi connectivity index (χ2n) is 9.28. The molecule has 7 heteroatoms. The summed E-state index contributed by atoms with van der Waals surface area (Å²) in [5.41, 5.74) is 8.75.